The van der Waals surface area contributed by atoms with Gasteiger partial charge in [-0.1, -0.05) is 11.7 Å². The number of rotatable bonds is 4. The molecule has 0 N–H and O–H groups in total. The van der Waals surface area contributed by atoms with Crippen LogP contribution in [0.4, 0.5) is 0 Å². The van der Waals surface area contributed by atoms with Crippen molar-refractivity contribution in [2.45, 2.75) is 13.0 Å². The highest BCUT2D eigenvalue weighted by Gasteiger charge is 1.91. The van der Waals surface area contributed by atoms with E-state index in [0.29, 0.717) is 0 Å². The molecule has 0 bridgehead atoms. The fraction of sp³-hybridized carbons (Fsp3) is 0.200. The summed E-state index contributed by atoms with van der Waals surface area (Å²) in [4.78, 5) is 8.91. The van der Waals surface area contributed by atoms with Gasteiger partial charge in [0.2, 0.25) is 0 Å². The molecule has 0 radical (unpaired) electrons. The molecule has 3 heteroatoms. The van der Waals surface area contributed by atoms with Crippen LogP contribution in [0, 0.1) is 0 Å². The monoisotopic (exact) mass is 176 g/mol. The Balaban J connectivity index is 2.45. The van der Waals surface area contributed by atoms with E-state index in [1.807, 2.05) is 19.1 Å². The summed E-state index contributed by atoms with van der Waals surface area (Å²) in [5.74, 6) is 0. The minimum atomic E-state index is -0.0573. The van der Waals surface area contributed by atoms with Crippen LogP contribution in [-0.2, 0) is 4.84 Å². The van der Waals surface area contributed by atoms with Crippen molar-refractivity contribution in [3.8, 4) is 0 Å². The van der Waals surface area contributed by atoms with Crippen molar-refractivity contribution in [1.29, 1.82) is 0 Å². The molecule has 1 unspecified atom stereocenters. The molecule has 3 nitrogen and oxygen atoms in total. The number of nitrogens with zero attached hydrogens (tertiary/aromatic N) is 2. The van der Waals surface area contributed by atoms with Crippen molar-refractivity contribution in [2.75, 3.05) is 0 Å². The molecule has 1 rings (SSSR count). The van der Waals surface area contributed by atoms with Crippen molar-refractivity contribution >= 4 is 6.21 Å². The van der Waals surface area contributed by atoms with Gasteiger partial charge in [0.05, 0.1) is 6.21 Å². The first-order valence-electron chi connectivity index (χ1n) is 4.04. The average molecular weight is 176 g/mol. The molecule has 1 heterocycles. The Hall–Kier alpha value is -1.64. The van der Waals surface area contributed by atoms with Crippen LogP contribution in [0.3, 0.4) is 0 Å². The van der Waals surface area contributed by atoms with Gasteiger partial charge in [0.25, 0.3) is 0 Å². The maximum Gasteiger partial charge on any atom is 0.142 e. The highest BCUT2D eigenvalue weighted by molar-refractivity contribution is 5.78. The third-order valence-electron chi connectivity index (χ3n) is 1.47. The van der Waals surface area contributed by atoms with Gasteiger partial charge in [0, 0.05) is 12.4 Å². The fourth-order valence-electron chi connectivity index (χ4n) is 0.680. The Labute approximate surface area is 77.7 Å². The molecule has 0 amide bonds. The van der Waals surface area contributed by atoms with Crippen LogP contribution in [0.25, 0.3) is 0 Å². The van der Waals surface area contributed by atoms with Gasteiger partial charge in [-0.15, -0.1) is 0 Å². The predicted molar refractivity (Wildman–Crippen MR) is 52.6 cm³/mol. The Bertz CT molecular complexity index is 282. The molecule has 0 saturated carbocycles. The first-order valence-corrected chi connectivity index (χ1v) is 4.04. The predicted octanol–water partition coefficient (Wildman–Crippen LogP) is 2.01. The summed E-state index contributed by atoms with van der Waals surface area (Å²) in [6, 6.07) is 3.71. The standard InChI is InChI=1S/C10H12N2O/c1-3-9(2)13-12-8-10-4-6-11-7-5-10/h3-9H,1H2,2H3/b12-8+. The van der Waals surface area contributed by atoms with Crippen LogP contribution in [-0.4, -0.2) is 17.3 Å². The van der Waals surface area contributed by atoms with E-state index in [-0.39, 0.29) is 6.10 Å². The van der Waals surface area contributed by atoms with Crippen molar-refractivity contribution in [3.05, 3.63) is 42.7 Å². The Morgan fingerprint density at radius 3 is 2.85 bits per heavy atom. The summed E-state index contributed by atoms with van der Waals surface area (Å²) in [6.45, 7) is 5.45. The Morgan fingerprint density at radius 2 is 2.23 bits per heavy atom. The summed E-state index contributed by atoms with van der Waals surface area (Å²) in [5, 5.41) is 3.79. The maximum atomic E-state index is 5.03. The summed E-state index contributed by atoms with van der Waals surface area (Å²) in [6.07, 6.45) is 6.68. The maximum absolute atomic E-state index is 5.03. The second-order valence-corrected chi connectivity index (χ2v) is 2.56. The minimum Gasteiger partial charge on any atom is -0.389 e. The molecule has 1 aromatic rings. The average Bonchev–Trinajstić information content (AvgIpc) is 2.19. The second-order valence-electron chi connectivity index (χ2n) is 2.56. The van der Waals surface area contributed by atoms with E-state index in [1.165, 1.54) is 0 Å². The second kappa shape index (κ2) is 5.09. The van der Waals surface area contributed by atoms with Crippen LogP contribution < -0.4 is 0 Å². The molecule has 0 aliphatic heterocycles. The molecule has 0 aliphatic carbocycles. The van der Waals surface area contributed by atoms with E-state index in [2.05, 4.69) is 16.7 Å². The third kappa shape index (κ3) is 3.51. The van der Waals surface area contributed by atoms with Crippen molar-refractivity contribution in [1.82, 2.24) is 4.98 Å². The molecular weight excluding hydrogens is 164 g/mol. The fourth-order valence-corrected chi connectivity index (χ4v) is 0.680. The normalized spacial score (nSPS) is 12.7. The van der Waals surface area contributed by atoms with Gasteiger partial charge in [0.15, 0.2) is 0 Å². The lowest BCUT2D eigenvalue weighted by Gasteiger charge is -2.01. The van der Waals surface area contributed by atoms with Crippen LogP contribution in [0.2, 0.25) is 0 Å². The van der Waals surface area contributed by atoms with E-state index in [4.69, 9.17) is 4.84 Å². The lowest BCUT2D eigenvalue weighted by Crippen LogP contribution is -1.98. The number of hydrogen-bond donors (Lipinski definition) is 0. The highest BCUT2D eigenvalue weighted by atomic mass is 16.6. The molecule has 1 aromatic heterocycles. The van der Waals surface area contributed by atoms with Gasteiger partial charge in [-0.05, 0) is 30.7 Å². The molecule has 0 aliphatic rings. The lowest BCUT2D eigenvalue weighted by atomic mass is 10.3. The molecule has 0 saturated heterocycles. The first kappa shape index (κ1) is 9.45. The van der Waals surface area contributed by atoms with Gasteiger partial charge in [-0.25, -0.2) is 0 Å². The molecule has 0 spiro atoms. The van der Waals surface area contributed by atoms with E-state index < -0.39 is 0 Å². The summed E-state index contributed by atoms with van der Waals surface area (Å²) >= 11 is 0. The minimum absolute atomic E-state index is 0.0573. The van der Waals surface area contributed by atoms with Crippen LogP contribution in [0.15, 0.2) is 42.3 Å². The highest BCUT2D eigenvalue weighted by Crippen LogP contribution is 1.94. The van der Waals surface area contributed by atoms with E-state index >= 15 is 0 Å². The zero-order chi connectivity index (χ0) is 9.52. The molecular formula is C10H12N2O. The van der Waals surface area contributed by atoms with Crippen molar-refractivity contribution in [2.24, 2.45) is 5.16 Å². The summed E-state index contributed by atoms with van der Waals surface area (Å²) in [7, 11) is 0. The molecule has 0 fully saturated rings. The van der Waals surface area contributed by atoms with Crippen LogP contribution >= 0.6 is 0 Å². The molecule has 13 heavy (non-hydrogen) atoms. The topological polar surface area (TPSA) is 34.5 Å². The number of aromatic nitrogens is 1. The van der Waals surface area contributed by atoms with Gasteiger partial charge >= 0.3 is 0 Å². The SMILES string of the molecule is C=CC(C)O/N=C/c1ccncc1. The lowest BCUT2D eigenvalue weighted by molar-refractivity contribution is 0.107. The van der Waals surface area contributed by atoms with E-state index in [0.717, 1.165) is 5.56 Å². The third-order valence-corrected chi connectivity index (χ3v) is 1.47. The van der Waals surface area contributed by atoms with Gasteiger partial charge in [0.1, 0.15) is 6.10 Å². The zero-order valence-corrected chi connectivity index (χ0v) is 7.55. The largest absolute Gasteiger partial charge is 0.389 e. The van der Waals surface area contributed by atoms with Crippen molar-refractivity contribution < 1.29 is 4.84 Å². The molecule has 0 aromatic carbocycles. The van der Waals surface area contributed by atoms with E-state index in [9.17, 15) is 0 Å². The van der Waals surface area contributed by atoms with Gasteiger partial charge < -0.3 is 4.84 Å². The van der Waals surface area contributed by atoms with Gasteiger partial charge in [-0.2, -0.15) is 0 Å². The first-order chi connectivity index (χ1) is 6.33. The van der Waals surface area contributed by atoms with Crippen LogP contribution in [0.1, 0.15) is 12.5 Å². The quantitative estimate of drug-likeness (QED) is 0.399. The smallest absolute Gasteiger partial charge is 0.142 e. The zero-order valence-electron chi connectivity index (χ0n) is 7.55. The van der Waals surface area contributed by atoms with E-state index in [1.54, 1.807) is 24.7 Å². The Morgan fingerprint density at radius 1 is 1.54 bits per heavy atom. The number of oxime groups is 1. The van der Waals surface area contributed by atoms with Crippen molar-refractivity contribution in [3.63, 3.8) is 0 Å². The summed E-state index contributed by atoms with van der Waals surface area (Å²) < 4.78 is 0. The van der Waals surface area contributed by atoms with Gasteiger partial charge in [-0.3, -0.25) is 4.98 Å². The Kier molecular flexibility index (Phi) is 3.70. The molecule has 68 valence electrons. The number of pyridine rings is 1. The summed E-state index contributed by atoms with van der Waals surface area (Å²) in [5.41, 5.74) is 0.964. The number of hydrogen-bond acceptors (Lipinski definition) is 3. The molecule has 1 atom stereocenters. The van der Waals surface area contributed by atoms with Crippen LogP contribution in [0.5, 0.6) is 0 Å².